The summed E-state index contributed by atoms with van der Waals surface area (Å²) < 4.78 is 36.9. The standard InChI is InChI=1S/C10H7F3/c1-2-5-8-6-3-4-7-9(8)10(11,12)13/h1,3-4,6-7H,5H2. The Morgan fingerprint density at radius 1 is 1.23 bits per heavy atom. The van der Waals surface area contributed by atoms with Crippen molar-refractivity contribution in [2.24, 2.45) is 0 Å². The van der Waals surface area contributed by atoms with E-state index in [1.807, 2.05) is 0 Å². The van der Waals surface area contributed by atoms with Crippen LogP contribution < -0.4 is 0 Å². The summed E-state index contributed by atoms with van der Waals surface area (Å²) in [5.74, 6) is 2.20. The molecule has 0 nitrogen and oxygen atoms in total. The molecule has 0 atom stereocenters. The van der Waals surface area contributed by atoms with Crippen LogP contribution in [0.5, 0.6) is 0 Å². The zero-order valence-corrected chi connectivity index (χ0v) is 6.73. The number of hydrogen-bond acceptors (Lipinski definition) is 0. The molecule has 0 aliphatic rings. The molecule has 68 valence electrons. The van der Waals surface area contributed by atoms with E-state index in [1.54, 1.807) is 6.07 Å². The van der Waals surface area contributed by atoms with Gasteiger partial charge in [0.15, 0.2) is 0 Å². The number of benzene rings is 1. The van der Waals surface area contributed by atoms with Gasteiger partial charge in [-0.05, 0) is 11.6 Å². The predicted octanol–water partition coefficient (Wildman–Crippen LogP) is 2.88. The fraction of sp³-hybridized carbons (Fsp3) is 0.200. The second kappa shape index (κ2) is 3.53. The van der Waals surface area contributed by atoms with Gasteiger partial charge < -0.3 is 0 Å². The van der Waals surface area contributed by atoms with Gasteiger partial charge in [-0.25, -0.2) is 0 Å². The molecular weight excluding hydrogens is 177 g/mol. The van der Waals surface area contributed by atoms with E-state index in [0.717, 1.165) is 6.07 Å². The number of hydrogen-bond donors (Lipinski definition) is 0. The minimum Gasteiger partial charge on any atom is -0.166 e. The predicted molar refractivity (Wildman–Crippen MR) is 44.0 cm³/mol. The third-order valence-corrected chi connectivity index (χ3v) is 1.62. The van der Waals surface area contributed by atoms with E-state index in [1.165, 1.54) is 12.1 Å². The van der Waals surface area contributed by atoms with Gasteiger partial charge in [-0.3, -0.25) is 0 Å². The van der Waals surface area contributed by atoms with Gasteiger partial charge in [0.1, 0.15) is 0 Å². The van der Waals surface area contributed by atoms with Crippen LogP contribution >= 0.6 is 0 Å². The summed E-state index contributed by atoms with van der Waals surface area (Å²) in [7, 11) is 0. The molecule has 0 heterocycles. The lowest BCUT2D eigenvalue weighted by Crippen LogP contribution is -2.08. The Morgan fingerprint density at radius 3 is 2.38 bits per heavy atom. The SMILES string of the molecule is C#CCc1ccccc1C(F)(F)F. The van der Waals surface area contributed by atoms with Crippen molar-refractivity contribution in [1.29, 1.82) is 0 Å². The van der Waals surface area contributed by atoms with Gasteiger partial charge in [0.25, 0.3) is 0 Å². The molecule has 0 N–H and O–H groups in total. The number of halogens is 3. The van der Waals surface area contributed by atoms with Crippen molar-refractivity contribution in [2.45, 2.75) is 12.6 Å². The number of terminal acetylenes is 1. The van der Waals surface area contributed by atoms with Crippen molar-refractivity contribution < 1.29 is 13.2 Å². The molecule has 0 unspecified atom stereocenters. The Bertz CT molecular complexity index is 331. The lowest BCUT2D eigenvalue weighted by molar-refractivity contribution is -0.138. The number of rotatable bonds is 1. The summed E-state index contributed by atoms with van der Waals surface area (Å²) in [5, 5.41) is 0. The minimum atomic E-state index is -4.31. The smallest absolute Gasteiger partial charge is 0.166 e. The third-order valence-electron chi connectivity index (χ3n) is 1.62. The van der Waals surface area contributed by atoms with Crippen molar-refractivity contribution in [3.8, 4) is 12.3 Å². The number of alkyl halides is 3. The molecule has 1 rings (SSSR count). The Labute approximate surface area is 74.4 Å². The first kappa shape index (κ1) is 9.66. The van der Waals surface area contributed by atoms with Gasteiger partial charge in [-0.15, -0.1) is 12.3 Å². The molecule has 0 amide bonds. The monoisotopic (exact) mass is 184 g/mol. The summed E-state index contributed by atoms with van der Waals surface area (Å²) in [6.07, 6.45) is 0.653. The third kappa shape index (κ3) is 2.25. The summed E-state index contributed by atoms with van der Waals surface area (Å²) in [6.45, 7) is 0. The van der Waals surface area contributed by atoms with Crippen molar-refractivity contribution in [2.75, 3.05) is 0 Å². The van der Waals surface area contributed by atoms with Crippen molar-refractivity contribution in [1.82, 2.24) is 0 Å². The van der Waals surface area contributed by atoms with Crippen molar-refractivity contribution in [3.05, 3.63) is 35.4 Å². The second-order valence-corrected chi connectivity index (χ2v) is 2.54. The van der Waals surface area contributed by atoms with E-state index in [9.17, 15) is 13.2 Å². The first-order valence-corrected chi connectivity index (χ1v) is 3.64. The fourth-order valence-electron chi connectivity index (χ4n) is 1.06. The largest absolute Gasteiger partial charge is 0.416 e. The highest BCUT2D eigenvalue weighted by Gasteiger charge is 2.32. The van der Waals surface area contributed by atoms with E-state index in [4.69, 9.17) is 6.42 Å². The minimum absolute atomic E-state index is 0.00961. The average Bonchev–Trinajstić information content (AvgIpc) is 2.04. The first-order chi connectivity index (χ1) is 6.05. The van der Waals surface area contributed by atoms with Crippen LogP contribution in [-0.2, 0) is 12.6 Å². The maximum Gasteiger partial charge on any atom is 0.416 e. The van der Waals surface area contributed by atoms with E-state index in [2.05, 4.69) is 5.92 Å². The normalized spacial score (nSPS) is 10.9. The highest BCUT2D eigenvalue weighted by molar-refractivity contribution is 5.32. The van der Waals surface area contributed by atoms with Crippen LogP contribution in [0.25, 0.3) is 0 Å². The summed E-state index contributed by atoms with van der Waals surface area (Å²) >= 11 is 0. The van der Waals surface area contributed by atoms with Crippen LogP contribution in [-0.4, -0.2) is 0 Å². The summed E-state index contributed by atoms with van der Waals surface area (Å²) in [4.78, 5) is 0. The lowest BCUT2D eigenvalue weighted by Gasteiger charge is -2.10. The summed E-state index contributed by atoms with van der Waals surface area (Å²) in [5.41, 5.74) is -0.495. The molecule has 13 heavy (non-hydrogen) atoms. The maximum atomic E-state index is 12.3. The Kier molecular flexibility index (Phi) is 2.62. The van der Waals surface area contributed by atoms with Crippen LogP contribution in [0.1, 0.15) is 11.1 Å². The molecule has 0 aromatic heterocycles. The second-order valence-electron chi connectivity index (χ2n) is 2.54. The molecule has 0 fully saturated rings. The summed E-state index contributed by atoms with van der Waals surface area (Å²) in [6, 6.07) is 5.32. The molecule has 0 aliphatic heterocycles. The molecule has 0 aliphatic carbocycles. The van der Waals surface area contributed by atoms with Crippen LogP contribution in [0.4, 0.5) is 13.2 Å². The molecular formula is C10H7F3. The van der Waals surface area contributed by atoms with Crippen molar-refractivity contribution >= 4 is 0 Å². The zero-order chi connectivity index (χ0) is 9.90. The van der Waals surface area contributed by atoms with Crippen LogP contribution in [0, 0.1) is 12.3 Å². The van der Waals surface area contributed by atoms with Gasteiger partial charge in [0.05, 0.1) is 5.56 Å². The maximum absolute atomic E-state index is 12.3. The molecule has 0 saturated carbocycles. The van der Waals surface area contributed by atoms with Gasteiger partial charge in [0, 0.05) is 6.42 Å². The highest BCUT2D eigenvalue weighted by atomic mass is 19.4. The molecule has 0 spiro atoms. The molecule has 0 bridgehead atoms. The topological polar surface area (TPSA) is 0 Å². The average molecular weight is 184 g/mol. The Hall–Kier alpha value is -1.43. The van der Waals surface area contributed by atoms with Crippen molar-refractivity contribution in [3.63, 3.8) is 0 Å². The Balaban J connectivity index is 3.14. The van der Waals surface area contributed by atoms with Gasteiger partial charge in [-0.2, -0.15) is 13.2 Å². The highest BCUT2D eigenvalue weighted by Crippen LogP contribution is 2.31. The van der Waals surface area contributed by atoms with Crippen LogP contribution in [0.15, 0.2) is 24.3 Å². The fourth-order valence-corrected chi connectivity index (χ4v) is 1.06. The van der Waals surface area contributed by atoms with Gasteiger partial charge >= 0.3 is 6.18 Å². The molecule has 1 aromatic carbocycles. The van der Waals surface area contributed by atoms with Crippen LogP contribution in [0.2, 0.25) is 0 Å². The first-order valence-electron chi connectivity index (χ1n) is 3.64. The lowest BCUT2D eigenvalue weighted by atomic mass is 10.0. The molecule has 0 radical (unpaired) electrons. The molecule has 1 aromatic rings. The zero-order valence-electron chi connectivity index (χ0n) is 6.73. The Morgan fingerprint density at radius 2 is 1.85 bits per heavy atom. The van der Waals surface area contributed by atoms with Gasteiger partial charge in [0.2, 0.25) is 0 Å². The van der Waals surface area contributed by atoms with Crippen LogP contribution in [0.3, 0.4) is 0 Å². The molecule has 3 heteroatoms. The van der Waals surface area contributed by atoms with E-state index < -0.39 is 11.7 Å². The van der Waals surface area contributed by atoms with E-state index in [0.29, 0.717) is 0 Å². The molecule has 0 saturated heterocycles. The van der Waals surface area contributed by atoms with E-state index in [-0.39, 0.29) is 12.0 Å². The quantitative estimate of drug-likeness (QED) is 0.588. The van der Waals surface area contributed by atoms with Gasteiger partial charge in [-0.1, -0.05) is 18.2 Å². The van der Waals surface area contributed by atoms with E-state index >= 15 is 0 Å².